The molecule has 5 heteroatoms. The zero-order valence-corrected chi connectivity index (χ0v) is 16.7. The molecule has 0 amide bonds. The van der Waals surface area contributed by atoms with Crippen LogP contribution in [-0.4, -0.2) is 41.4 Å². The number of hydrogen-bond donors (Lipinski definition) is 2. The molecule has 2 atom stereocenters. The van der Waals surface area contributed by atoms with E-state index in [2.05, 4.69) is 88.7 Å². The highest BCUT2D eigenvalue weighted by Crippen LogP contribution is 2.28. The summed E-state index contributed by atoms with van der Waals surface area (Å²) in [6.07, 6.45) is 5.10. The van der Waals surface area contributed by atoms with Crippen molar-refractivity contribution in [2.24, 2.45) is 13.0 Å². The summed E-state index contributed by atoms with van der Waals surface area (Å²) >= 11 is 0. The molecule has 1 aliphatic heterocycles. The fraction of sp³-hybridized carbons (Fsp3) is 0.348. The highest BCUT2D eigenvalue weighted by Gasteiger charge is 2.29. The molecule has 2 aromatic carbocycles. The van der Waals surface area contributed by atoms with Gasteiger partial charge in [0.05, 0.1) is 12.2 Å². The number of aryl methyl sites for hydroxylation is 1. The SMILES string of the molecule is CN(CCc1cnn(C)c1)CC1CNNC1c1ccc(-c2ccccc2)cc1. The molecule has 1 fully saturated rings. The summed E-state index contributed by atoms with van der Waals surface area (Å²) in [5.41, 5.74) is 12.0. The van der Waals surface area contributed by atoms with Gasteiger partial charge in [-0.1, -0.05) is 54.6 Å². The van der Waals surface area contributed by atoms with Crippen molar-refractivity contribution in [3.63, 3.8) is 0 Å². The van der Waals surface area contributed by atoms with Gasteiger partial charge in [-0.05, 0) is 35.7 Å². The molecule has 146 valence electrons. The lowest BCUT2D eigenvalue weighted by Gasteiger charge is -2.25. The molecule has 0 spiro atoms. The molecule has 0 aliphatic carbocycles. The number of nitrogens with one attached hydrogen (secondary N) is 2. The molecule has 2 N–H and O–H groups in total. The van der Waals surface area contributed by atoms with E-state index in [1.54, 1.807) is 0 Å². The average molecular weight is 376 g/mol. The summed E-state index contributed by atoms with van der Waals surface area (Å²) in [6, 6.07) is 19.9. The van der Waals surface area contributed by atoms with Gasteiger partial charge in [-0.3, -0.25) is 10.1 Å². The first-order chi connectivity index (χ1) is 13.7. The second kappa shape index (κ2) is 8.69. The standard InChI is InChI=1S/C23H29N5/c1-27(13-12-18-14-25-28(2)16-18)17-22-15-24-26-23(22)21-10-8-20(9-11-21)19-6-4-3-5-7-19/h3-11,14,16,22-24,26H,12-13,15,17H2,1-2H3. The normalized spacial score (nSPS) is 19.4. The Bertz CT molecular complexity index is 872. The third-order valence-electron chi connectivity index (χ3n) is 5.56. The van der Waals surface area contributed by atoms with Crippen LogP contribution in [0.15, 0.2) is 67.0 Å². The minimum atomic E-state index is 0.339. The molecule has 1 aliphatic rings. The molecular weight excluding hydrogens is 346 g/mol. The Morgan fingerprint density at radius 3 is 2.54 bits per heavy atom. The fourth-order valence-corrected chi connectivity index (χ4v) is 3.99. The van der Waals surface area contributed by atoms with Crippen molar-refractivity contribution in [1.82, 2.24) is 25.5 Å². The van der Waals surface area contributed by atoms with Crippen LogP contribution in [0.2, 0.25) is 0 Å². The zero-order valence-electron chi connectivity index (χ0n) is 16.7. The van der Waals surface area contributed by atoms with Crippen molar-refractivity contribution in [2.45, 2.75) is 12.5 Å². The number of likely N-dealkylation sites (N-methyl/N-ethyl adjacent to an activating group) is 1. The smallest absolute Gasteiger partial charge is 0.0522 e. The van der Waals surface area contributed by atoms with Gasteiger partial charge in [-0.2, -0.15) is 5.10 Å². The van der Waals surface area contributed by atoms with Gasteiger partial charge in [0.25, 0.3) is 0 Å². The van der Waals surface area contributed by atoms with Crippen molar-refractivity contribution in [1.29, 1.82) is 0 Å². The predicted molar refractivity (Wildman–Crippen MR) is 114 cm³/mol. The van der Waals surface area contributed by atoms with E-state index in [0.29, 0.717) is 12.0 Å². The van der Waals surface area contributed by atoms with E-state index in [-0.39, 0.29) is 0 Å². The number of aromatic nitrogens is 2. The van der Waals surface area contributed by atoms with Crippen LogP contribution in [0, 0.1) is 5.92 Å². The lowest BCUT2D eigenvalue weighted by Crippen LogP contribution is -2.31. The van der Waals surface area contributed by atoms with Crippen molar-refractivity contribution in [3.8, 4) is 11.1 Å². The Balaban J connectivity index is 1.36. The molecule has 4 rings (SSSR count). The fourth-order valence-electron chi connectivity index (χ4n) is 3.99. The van der Waals surface area contributed by atoms with Crippen molar-refractivity contribution >= 4 is 0 Å². The molecule has 28 heavy (non-hydrogen) atoms. The quantitative estimate of drug-likeness (QED) is 0.666. The summed E-state index contributed by atoms with van der Waals surface area (Å²) < 4.78 is 1.87. The molecule has 5 nitrogen and oxygen atoms in total. The second-order valence-electron chi connectivity index (χ2n) is 7.79. The van der Waals surface area contributed by atoms with Gasteiger partial charge >= 0.3 is 0 Å². The number of hydrogen-bond acceptors (Lipinski definition) is 4. The van der Waals surface area contributed by atoms with Gasteiger partial charge in [-0.25, -0.2) is 5.43 Å². The average Bonchev–Trinajstić information content (AvgIpc) is 3.36. The van der Waals surface area contributed by atoms with Crippen LogP contribution < -0.4 is 10.9 Å². The van der Waals surface area contributed by atoms with E-state index in [0.717, 1.165) is 26.1 Å². The van der Waals surface area contributed by atoms with Gasteiger partial charge in [0, 0.05) is 38.8 Å². The molecule has 0 bridgehead atoms. The largest absolute Gasteiger partial charge is 0.306 e. The van der Waals surface area contributed by atoms with Gasteiger partial charge in [0.15, 0.2) is 0 Å². The van der Waals surface area contributed by atoms with Crippen molar-refractivity contribution in [3.05, 3.63) is 78.1 Å². The monoisotopic (exact) mass is 375 g/mol. The van der Waals surface area contributed by atoms with Gasteiger partial charge in [-0.15, -0.1) is 0 Å². The number of rotatable bonds is 7. The molecule has 0 radical (unpaired) electrons. The minimum absolute atomic E-state index is 0.339. The highest BCUT2D eigenvalue weighted by molar-refractivity contribution is 5.63. The van der Waals surface area contributed by atoms with Crippen LogP contribution >= 0.6 is 0 Å². The molecule has 0 saturated carbocycles. The van der Waals surface area contributed by atoms with E-state index < -0.39 is 0 Å². The van der Waals surface area contributed by atoms with Crippen LogP contribution in [0.3, 0.4) is 0 Å². The summed E-state index contributed by atoms with van der Waals surface area (Å²) in [5, 5.41) is 4.26. The first kappa shape index (κ1) is 18.9. The van der Waals surface area contributed by atoms with Crippen LogP contribution in [-0.2, 0) is 13.5 Å². The number of nitrogens with zero attached hydrogens (tertiary/aromatic N) is 3. The molecule has 1 saturated heterocycles. The van der Waals surface area contributed by atoms with Crippen molar-refractivity contribution in [2.75, 3.05) is 26.7 Å². The summed E-state index contributed by atoms with van der Waals surface area (Å²) in [5.74, 6) is 0.543. The first-order valence-corrected chi connectivity index (χ1v) is 9.99. The molecule has 2 heterocycles. The maximum Gasteiger partial charge on any atom is 0.0522 e. The van der Waals surface area contributed by atoms with Gasteiger partial charge in [0.2, 0.25) is 0 Å². The Hall–Kier alpha value is -2.47. The lowest BCUT2D eigenvalue weighted by molar-refractivity contribution is 0.272. The third kappa shape index (κ3) is 4.50. The summed E-state index contributed by atoms with van der Waals surface area (Å²) in [6.45, 7) is 3.09. The van der Waals surface area contributed by atoms with Crippen LogP contribution in [0.1, 0.15) is 17.2 Å². The topological polar surface area (TPSA) is 45.1 Å². The number of benzene rings is 2. The maximum absolute atomic E-state index is 4.26. The number of hydrazine groups is 1. The minimum Gasteiger partial charge on any atom is -0.306 e. The predicted octanol–water partition coefficient (Wildman–Crippen LogP) is 3.03. The van der Waals surface area contributed by atoms with E-state index in [1.165, 1.54) is 22.3 Å². The molecule has 1 aromatic heterocycles. The molecular formula is C23H29N5. The van der Waals surface area contributed by atoms with E-state index in [4.69, 9.17) is 0 Å². The van der Waals surface area contributed by atoms with Gasteiger partial charge in [0.1, 0.15) is 0 Å². The Morgan fingerprint density at radius 1 is 1.07 bits per heavy atom. The Kier molecular flexibility index (Phi) is 5.86. The maximum atomic E-state index is 4.26. The molecule has 3 aromatic rings. The lowest BCUT2D eigenvalue weighted by atomic mass is 9.93. The van der Waals surface area contributed by atoms with Crippen molar-refractivity contribution < 1.29 is 0 Å². The molecule has 2 unspecified atom stereocenters. The van der Waals surface area contributed by atoms with Crippen LogP contribution in [0.5, 0.6) is 0 Å². The summed E-state index contributed by atoms with van der Waals surface area (Å²) in [7, 11) is 4.18. The van der Waals surface area contributed by atoms with Crippen LogP contribution in [0.25, 0.3) is 11.1 Å². The Morgan fingerprint density at radius 2 is 1.82 bits per heavy atom. The van der Waals surface area contributed by atoms with Gasteiger partial charge < -0.3 is 4.90 Å². The Labute approximate surface area is 167 Å². The van der Waals surface area contributed by atoms with E-state index in [1.807, 2.05) is 17.9 Å². The first-order valence-electron chi connectivity index (χ1n) is 9.99. The van der Waals surface area contributed by atoms with E-state index in [9.17, 15) is 0 Å². The summed E-state index contributed by atoms with van der Waals surface area (Å²) in [4.78, 5) is 2.43. The second-order valence-corrected chi connectivity index (χ2v) is 7.79. The van der Waals surface area contributed by atoms with Crippen LogP contribution in [0.4, 0.5) is 0 Å². The highest BCUT2D eigenvalue weighted by atomic mass is 15.4. The van der Waals surface area contributed by atoms with E-state index >= 15 is 0 Å². The third-order valence-corrected chi connectivity index (χ3v) is 5.56. The zero-order chi connectivity index (χ0) is 19.3.